The predicted molar refractivity (Wildman–Crippen MR) is 146 cm³/mol. The molecule has 3 aromatic heterocycles. The highest BCUT2D eigenvalue weighted by Crippen LogP contribution is 2.33. The Hall–Kier alpha value is -3.56. The van der Waals surface area contributed by atoms with Crippen molar-refractivity contribution in [2.24, 2.45) is 0 Å². The summed E-state index contributed by atoms with van der Waals surface area (Å²) in [5.41, 5.74) is 6.10. The summed E-state index contributed by atoms with van der Waals surface area (Å²) in [5, 5.41) is 0.582. The summed E-state index contributed by atoms with van der Waals surface area (Å²) in [6, 6.07) is 8.17. The Bertz CT molecular complexity index is 1390. The number of anilines is 3. The molecule has 0 atom stereocenters. The molecule has 0 saturated carbocycles. The number of nitrogens with zero attached hydrogens (tertiary/aromatic N) is 7. The number of fused-ring (bicyclic) bond motifs is 1. The fourth-order valence-electron chi connectivity index (χ4n) is 5.01. The van der Waals surface area contributed by atoms with Crippen molar-refractivity contribution >= 4 is 34.6 Å². The van der Waals surface area contributed by atoms with E-state index in [9.17, 15) is 0 Å². The molecule has 4 aromatic rings. The first kappa shape index (κ1) is 23.8. The van der Waals surface area contributed by atoms with Crippen molar-refractivity contribution in [3.05, 3.63) is 59.6 Å². The highest BCUT2D eigenvalue weighted by Gasteiger charge is 2.21. The smallest absolute Gasteiger partial charge is 0.225 e. The fourth-order valence-corrected chi connectivity index (χ4v) is 5.25. The fraction of sp³-hybridized carbons (Fsp3) is 0.370. The molecule has 5 heterocycles. The van der Waals surface area contributed by atoms with E-state index in [2.05, 4.69) is 47.4 Å². The van der Waals surface area contributed by atoms with E-state index in [1.165, 1.54) is 0 Å². The largest absolute Gasteiger partial charge is 0.495 e. The van der Waals surface area contributed by atoms with Crippen molar-refractivity contribution in [3.8, 4) is 17.0 Å². The third-order valence-electron chi connectivity index (χ3n) is 7.15. The van der Waals surface area contributed by atoms with Gasteiger partial charge in [0.05, 0.1) is 49.1 Å². The topological polar surface area (TPSA) is 71.3 Å². The van der Waals surface area contributed by atoms with E-state index >= 15 is 0 Å². The Labute approximate surface area is 221 Å². The molecule has 2 aliphatic heterocycles. The van der Waals surface area contributed by atoms with E-state index in [-0.39, 0.29) is 0 Å². The lowest BCUT2D eigenvalue weighted by Crippen LogP contribution is -2.47. The minimum atomic E-state index is 0.582. The van der Waals surface area contributed by atoms with Crippen LogP contribution in [-0.4, -0.2) is 78.9 Å². The van der Waals surface area contributed by atoms with E-state index in [1.54, 1.807) is 7.11 Å². The lowest BCUT2D eigenvalue weighted by Gasteiger charge is -2.36. The summed E-state index contributed by atoms with van der Waals surface area (Å²) in [6.07, 6.45) is 7.98. The van der Waals surface area contributed by atoms with Crippen LogP contribution >= 0.6 is 11.6 Å². The number of morpholine rings is 1. The summed E-state index contributed by atoms with van der Waals surface area (Å²) >= 11 is 6.39. The van der Waals surface area contributed by atoms with Crippen LogP contribution in [0.2, 0.25) is 5.02 Å². The Morgan fingerprint density at radius 1 is 0.892 bits per heavy atom. The summed E-state index contributed by atoms with van der Waals surface area (Å²) in [6.45, 7) is 8.85. The van der Waals surface area contributed by atoms with Gasteiger partial charge >= 0.3 is 0 Å². The minimum Gasteiger partial charge on any atom is -0.495 e. The van der Waals surface area contributed by atoms with Gasteiger partial charge in [0.15, 0.2) is 0 Å². The van der Waals surface area contributed by atoms with E-state index < -0.39 is 0 Å². The summed E-state index contributed by atoms with van der Waals surface area (Å²) in [4.78, 5) is 21.1. The molecule has 0 amide bonds. The maximum atomic E-state index is 6.39. The molecule has 192 valence electrons. The van der Waals surface area contributed by atoms with Gasteiger partial charge in [0.1, 0.15) is 11.4 Å². The highest BCUT2D eigenvalue weighted by atomic mass is 35.5. The second-order valence-corrected chi connectivity index (χ2v) is 9.80. The van der Waals surface area contributed by atoms with E-state index in [0.29, 0.717) is 10.8 Å². The maximum Gasteiger partial charge on any atom is 0.225 e. The number of ether oxygens (including phenoxy) is 2. The molecule has 2 saturated heterocycles. The quantitative estimate of drug-likeness (QED) is 0.393. The molecule has 1 aromatic carbocycles. The minimum absolute atomic E-state index is 0.582. The highest BCUT2D eigenvalue weighted by molar-refractivity contribution is 6.32. The third-order valence-corrected chi connectivity index (χ3v) is 7.44. The van der Waals surface area contributed by atoms with Crippen LogP contribution in [-0.2, 0) is 4.74 Å². The zero-order valence-corrected chi connectivity index (χ0v) is 21.9. The average Bonchev–Trinajstić information content (AvgIpc) is 3.38. The van der Waals surface area contributed by atoms with Gasteiger partial charge in [-0.2, -0.15) is 0 Å². The molecule has 0 radical (unpaired) electrons. The van der Waals surface area contributed by atoms with Crippen LogP contribution < -0.4 is 19.4 Å². The number of rotatable bonds is 5. The number of hydrogen-bond donors (Lipinski definition) is 0. The number of methoxy groups -OCH3 is 1. The molecule has 0 aliphatic carbocycles. The van der Waals surface area contributed by atoms with E-state index in [4.69, 9.17) is 26.1 Å². The summed E-state index contributed by atoms with van der Waals surface area (Å²) in [7, 11) is 1.63. The lowest BCUT2D eigenvalue weighted by molar-refractivity contribution is 0.122. The van der Waals surface area contributed by atoms with Crippen LogP contribution in [0.4, 0.5) is 17.3 Å². The Kier molecular flexibility index (Phi) is 6.48. The van der Waals surface area contributed by atoms with Gasteiger partial charge in [-0.3, -0.25) is 0 Å². The molecule has 0 N–H and O–H groups in total. The molecule has 9 nitrogen and oxygen atoms in total. The molecule has 37 heavy (non-hydrogen) atoms. The molecule has 2 fully saturated rings. The Balaban J connectivity index is 1.14. The van der Waals surface area contributed by atoms with Gasteiger partial charge in [-0.15, -0.1) is 0 Å². The zero-order chi connectivity index (χ0) is 25.4. The average molecular weight is 520 g/mol. The number of aryl methyl sites for hydroxylation is 1. The lowest BCUT2D eigenvalue weighted by atomic mass is 10.1. The van der Waals surface area contributed by atoms with Gasteiger partial charge in [0.25, 0.3) is 0 Å². The molecule has 0 unspecified atom stereocenters. The first-order chi connectivity index (χ1) is 18.1. The van der Waals surface area contributed by atoms with E-state index in [1.807, 2.05) is 37.6 Å². The second kappa shape index (κ2) is 10.1. The first-order valence-electron chi connectivity index (χ1n) is 12.6. The van der Waals surface area contributed by atoms with Crippen LogP contribution in [0.25, 0.3) is 16.9 Å². The number of imidazole rings is 1. The second-order valence-electron chi connectivity index (χ2n) is 9.39. The molecular formula is C27H30ClN7O2. The summed E-state index contributed by atoms with van der Waals surface area (Å²) in [5.74, 6) is 1.46. The first-order valence-corrected chi connectivity index (χ1v) is 12.9. The number of hydrogen-bond acceptors (Lipinski definition) is 8. The van der Waals surface area contributed by atoms with Crippen LogP contribution in [0.1, 0.15) is 5.56 Å². The molecule has 10 heteroatoms. The third kappa shape index (κ3) is 4.76. The van der Waals surface area contributed by atoms with Gasteiger partial charge < -0.3 is 28.6 Å². The normalized spacial score (nSPS) is 16.5. The van der Waals surface area contributed by atoms with Crippen molar-refractivity contribution < 1.29 is 9.47 Å². The Morgan fingerprint density at radius 2 is 1.59 bits per heavy atom. The molecule has 6 rings (SSSR count). The van der Waals surface area contributed by atoms with Gasteiger partial charge in [-0.25, -0.2) is 15.0 Å². The number of benzene rings is 1. The molecule has 0 bridgehead atoms. The van der Waals surface area contributed by atoms with Crippen LogP contribution in [0.5, 0.6) is 5.75 Å². The Morgan fingerprint density at radius 3 is 2.32 bits per heavy atom. The number of halogens is 1. The van der Waals surface area contributed by atoms with Crippen molar-refractivity contribution in [1.29, 1.82) is 0 Å². The van der Waals surface area contributed by atoms with Gasteiger partial charge in [-0.1, -0.05) is 11.6 Å². The number of piperazine rings is 1. The molecule has 0 spiro atoms. The number of pyridine rings is 1. The van der Waals surface area contributed by atoms with Gasteiger partial charge in [0.2, 0.25) is 5.95 Å². The predicted octanol–water partition coefficient (Wildman–Crippen LogP) is 3.92. The van der Waals surface area contributed by atoms with Gasteiger partial charge in [-0.05, 0) is 30.7 Å². The molecule has 2 aliphatic rings. The van der Waals surface area contributed by atoms with Crippen molar-refractivity contribution in [1.82, 2.24) is 19.4 Å². The SMILES string of the molecule is COc1cc(C)c(-c2cn3ccc(N4CCN(c5ncc(N6CCOCC6)cn5)CC4)cc3n2)cc1Cl. The van der Waals surface area contributed by atoms with Crippen LogP contribution in [0.3, 0.4) is 0 Å². The van der Waals surface area contributed by atoms with Crippen LogP contribution in [0, 0.1) is 6.92 Å². The van der Waals surface area contributed by atoms with Crippen LogP contribution in [0.15, 0.2) is 49.1 Å². The monoisotopic (exact) mass is 519 g/mol. The zero-order valence-electron chi connectivity index (χ0n) is 21.1. The number of aromatic nitrogens is 4. The van der Waals surface area contributed by atoms with Crippen molar-refractivity contribution in [2.75, 3.05) is 74.3 Å². The van der Waals surface area contributed by atoms with Crippen molar-refractivity contribution in [2.45, 2.75) is 6.92 Å². The van der Waals surface area contributed by atoms with Gasteiger partial charge in [0, 0.05) is 69.0 Å². The standard InChI is InChI=1S/C27H30ClN7O2/c1-19-13-25(36-2)23(28)15-22(19)24-18-35-4-3-20(14-26(35)31-24)32-5-7-34(8-6-32)27-29-16-21(17-30-27)33-9-11-37-12-10-33/h3-4,13-18H,5-12H2,1-2H3. The summed E-state index contributed by atoms with van der Waals surface area (Å²) < 4.78 is 12.8. The molecular weight excluding hydrogens is 490 g/mol. The van der Waals surface area contributed by atoms with Crippen molar-refractivity contribution in [3.63, 3.8) is 0 Å². The van der Waals surface area contributed by atoms with E-state index in [0.717, 1.165) is 92.3 Å². The maximum absolute atomic E-state index is 6.39.